The molecule has 0 aliphatic carbocycles. The highest BCUT2D eigenvalue weighted by Gasteiger charge is 2.30. The van der Waals surface area contributed by atoms with Gasteiger partial charge < -0.3 is 0 Å². The number of nitrogens with zero attached hydrogens (tertiary/aromatic N) is 2. The van der Waals surface area contributed by atoms with Crippen molar-refractivity contribution in [1.29, 1.82) is 0 Å². The first-order valence-corrected chi connectivity index (χ1v) is 8.18. The molecule has 0 atom stereocenters. The van der Waals surface area contributed by atoms with Crippen molar-refractivity contribution < 1.29 is 13.2 Å². The van der Waals surface area contributed by atoms with Gasteiger partial charge in [-0.25, -0.2) is 0 Å². The number of rotatable bonds is 4. The average molecular weight is 322 g/mol. The fourth-order valence-electron chi connectivity index (χ4n) is 1.32. The maximum atomic E-state index is 12.6. The summed E-state index contributed by atoms with van der Waals surface area (Å²) in [4.78, 5) is 0. The van der Waals surface area contributed by atoms with Crippen molar-refractivity contribution in [3.05, 3.63) is 35.4 Å². The third-order valence-corrected chi connectivity index (χ3v) is 5.28. The lowest BCUT2D eigenvalue weighted by Gasteiger charge is -2.07. The Labute approximate surface area is 120 Å². The Morgan fingerprint density at radius 3 is 2.58 bits per heavy atom. The summed E-state index contributed by atoms with van der Waals surface area (Å²) in [7, 11) is 0. The van der Waals surface area contributed by atoms with Gasteiger partial charge in [-0.3, -0.25) is 0 Å². The summed E-state index contributed by atoms with van der Waals surface area (Å²) >= 11 is 4.34. The van der Waals surface area contributed by atoms with Gasteiger partial charge in [0.2, 0.25) is 0 Å². The van der Waals surface area contributed by atoms with Crippen molar-refractivity contribution in [2.24, 2.45) is 0 Å². The van der Waals surface area contributed by atoms with Crippen molar-refractivity contribution in [1.82, 2.24) is 10.2 Å². The highest BCUT2D eigenvalue weighted by Crippen LogP contribution is 2.32. The van der Waals surface area contributed by atoms with Gasteiger partial charge in [0.15, 0.2) is 8.68 Å². The molecule has 0 radical (unpaired) electrons. The van der Waals surface area contributed by atoms with E-state index in [-0.39, 0.29) is 0 Å². The lowest BCUT2D eigenvalue weighted by Crippen LogP contribution is -2.04. The Kier molecular flexibility index (Phi) is 4.75. The quantitative estimate of drug-likeness (QED) is 0.770. The van der Waals surface area contributed by atoms with E-state index in [9.17, 15) is 13.2 Å². The summed E-state index contributed by atoms with van der Waals surface area (Å²) in [6.07, 6.45) is -2.39. The van der Waals surface area contributed by atoms with Crippen molar-refractivity contribution in [3.8, 4) is 0 Å². The molecule has 0 saturated carbocycles. The standard InChI is InChI=1S/C11H9F3N2S3/c1-17-9-15-16-10(19-9)18-6-7-3-2-4-8(5-7)11(12,13)14/h2-5H,6H2,1H3. The Morgan fingerprint density at radius 2 is 1.95 bits per heavy atom. The predicted molar refractivity (Wildman–Crippen MR) is 72.7 cm³/mol. The first kappa shape index (κ1) is 14.7. The summed E-state index contributed by atoms with van der Waals surface area (Å²) < 4.78 is 39.3. The first-order valence-electron chi connectivity index (χ1n) is 5.15. The van der Waals surface area contributed by atoms with Gasteiger partial charge in [0.1, 0.15) is 0 Å². The second-order valence-electron chi connectivity index (χ2n) is 3.52. The molecule has 2 rings (SSSR count). The van der Waals surface area contributed by atoms with E-state index < -0.39 is 11.7 Å². The number of hydrogen-bond acceptors (Lipinski definition) is 5. The number of benzene rings is 1. The summed E-state index contributed by atoms with van der Waals surface area (Å²) in [6.45, 7) is 0. The lowest BCUT2D eigenvalue weighted by atomic mass is 10.1. The number of aromatic nitrogens is 2. The van der Waals surface area contributed by atoms with Crippen LogP contribution >= 0.6 is 34.9 Å². The molecule has 0 saturated heterocycles. The minimum Gasteiger partial charge on any atom is -0.166 e. The van der Waals surface area contributed by atoms with Crippen LogP contribution in [0, 0.1) is 0 Å². The van der Waals surface area contributed by atoms with Gasteiger partial charge in [-0.1, -0.05) is 53.1 Å². The van der Waals surface area contributed by atoms with Crippen LogP contribution in [0.3, 0.4) is 0 Å². The summed E-state index contributed by atoms with van der Waals surface area (Å²) in [6, 6.07) is 5.35. The maximum Gasteiger partial charge on any atom is 0.416 e. The SMILES string of the molecule is CSc1nnc(SCc2cccc(C(F)(F)F)c2)s1. The van der Waals surface area contributed by atoms with E-state index in [2.05, 4.69) is 10.2 Å². The van der Waals surface area contributed by atoms with Gasteiger partial charge in [0, 0.05) is 5.75 Å². The molecule has 0 N–H and O–H groups in total. The molecule has 8 heteroatoms. The molecular weight excluding hydrogens is 313 g/mol. The maximum absolute atomic E-state index is 12.6. The minimum atomic E-state index is -4.30. The second-order valence-corrected chi connectivity index (χ2v) is 6.78. The van der Waals surface area contributed by atoms with Gasteiger partial charge in [-0.05, 0) is 17.9 Å². The molecule has 0 amide bonds. The van der Waals surface area contributed by atoms with Crippen molar-refractivity contribution in [2.45, 2.75) is 20.6 Å². The number of thioether (sulfide) groups is 2. The van der Waals surface area contributed by atoms with Crippen molar-refractivity contribution in [3.63, 3.8) is 0 Å². The average Bonchev–Trinajstić information content (AvgIpc) is 2.84. The lowest BCUT2D eigenvalue weighted by molar-refractivity contribution is -0.137. The van der Waals surface area contributed by atoms with Crippen LogP contribution in [0.15, 0.2) is 32.9 Å². The van der Waals surface area contributed by atoms with E-state index in [1.807, 2.05) is 6.26 Å². The molecule has 1 aromatic heterocycles. The fourth-order valence-corrected chi connectivity index (χ4v) is 3.70. The number of alkyl halides is 3. The van der Waals surface area contributed by atoms with Gasteiger partial charge >= 0.3 is 6.18 Å². The molecule has 1 aromatic carbocycles. The van der Waals surface area contributed by atoms with E-state index in [0.717, 1.165) is 14.7 Å². The number of halogens is 3. The van der Waals surface area contributed by atoms with Crippen molar-refractivity contribution in [2.75, 3.05) is 6.26 Å². The van der Waals surface area contributed by atoms with Crippen LogP contribution in [0.1, 0.15) is 11.1 Å². The molecule has 2 nitrogen and oxygen atoms in total. The summed E-state index contributed by atoms with van der Waals surface area (Å²) in [5, 5.41) is 7.90. The van der Waals surface area contributed by atoms with Crippen LogP contribution in [0.5, 0.6) is 0 Å². The highest BCUT2D eigenvalue weighted by molar-refractivity contribution is 8.02. The van der Waals surface area contributed by atoms with Gasteiger partial charge in [-0.15, -0.1) is 10.2 Å². The monoisotopic (exact) mass is 322 g/mol. The minimum absolute atomic E-state index is 0.451. The van der Waals surface area contributed by atoms with E-state index in [4.69, 9.17) is 0 Å². The molecular formula is C11H9F3N2S3. The molecule has 0 aliphatic heterocycles. The van der Waals surface area contributed by atoms with Gasteiger partial charge in [-0.2, -0.15) is 13.2 Å². The smallest absolute Gasteiger partial charge is 0.166 e. The zero-order chi connectivity index (χ0) is 13.9. The normalized spacial score (nSPS) is 11.8. The Balaban J connectivity index is 2.03. The first-order chi connectivity index (χ1) is 8.99. The zero-order valence-corrected chi connectivity index (χ0v) is 12.2. The van der Waals surface area contributed by atoms with E-state index in [1.165, 1.54) is 47.0 Å². The Morgan fingerprint density at radius 1 is 1.21 bits per heavy atom. The molecule has 19 heavy (non-hydrogen) atoms. The predicted octanol–water partition coefficient (Wildman–Crippen LogP) is 4.57. The van der Waals surface area contributed by atoms with Crippen LogP contribution in [0.2, 0.25) is 0 Å². The van der Waals surface area contributed by atoms with Crippen LogP contribution in [0.4, 0.5) is 13.2 Å². The molecule has 0 unspecified atom stereocenters. The van der Waals surface area contributed by atoms with Crippen LogP contribution in [-0.2, 0) is 11.9 Å². The zero-order valence-electron chi connectivity index (χ0n) is 9.77. The third kappa shape index (κ3) is 4.12. The van der Waals surface area contributed by atoms with Gasteiger partial charge in [0.05, 0.1) is 5.56 Å². The summed E-state index contributed by atoms with van der Waals surface area (Å²) in [5.41, 5.74) is 0.00777. The fraction of sp³-hybridized carbons (Fsp3) is 0.273. The van der Waals surface area contributed by atoms with Gasteiger partial charge in [0.25, 0.3) is 0 Å². The van der Waals surface area contributed by atoms with Crippen LogP contribution in [-0.4, -0.2) is 16.5 Å². The Bertz CT molecular complexity index is 554. The van der Waals surface area contributed by atoms with Crippen LogP contribution in [0.25, 0.3) is 0 Å². The molecule has 0 bridgehead atoms. The molecule has 0 aliphatic rings. The topological polar surface area (TPSA) is 25.8 Å². The summed E-state index contributed by atoms with van der Waals surface area (Å²) in [5.74, 6) is 0.451. The molecule has 102 valence electrons. The van der Waals surface area contributed by atoms with E-state index in [1.54, 1.807) is 6.07 Å². The number of hydrogen-bond donors (Lipinski definition) is 0. The molecule has 0 fully saturated rings. The van der Waals surface area contributed by atoms with E-state index in [0.29, 0.717) is 11.3 Å². The highest BCUT2D eigenvalue weighted by atomic mass is 32.2. The molecule has 2 aromatic rings. The largest absolute Gasteiger partial charge is 0.416 e. The third-order valence-electron chi connectivity index (χ3n) is 2.18. The molecule has 0 spiro atoms. The van der Waals surface area contributed by atoms with Crippen LogP contribution < -0.4 is 0 Å². The molecule has 1 heterocycles. The second kappa shape index (κ2) is 6.15. The van der Waals surface area contributed by atoms with E-state index >= 15 is 0 Å². The Hall–Kier alpha value is -0.730. The van der Waals surface area contributed by atoms with Crippen molar-refractivity contribution >= 4 is 34.9 Å².